The predicted octanol–water partition coefficient (Wildman–Crippen LogP) is 2.21. The summed E-state index contributed by atoms with van der Waals surface area (Å²) >= 11 is 1.80. The summed E-state index contributed by atoms with van der Waals surface area (Å²) in [5.74, 6) is 0.828. The van der Waals surface area contributed by atoms with E-state index in [9.17, 15) is 4.79 Å². The van der Waals surface area contributed by atoms with E-state index in [-0.39, 0.29) is 11.9 Å². The van der Waals surface area contributed by atoms with E-state index in [4.69, 9.17) is 4.74 Å². The fraction of sp³-hybridized carbons (Fsp3) is 0.529. The number of aromatic nitrogens is 2. The lowest BCUT2D eigenvalue weighted by Gasteiger charge is -2.33. The van der Waals surface area contributed by atoms with Crippen LogP contribution in [0.2, 0.25) is 0 Å². The van der Waals surface area contributed by atoms with Crippen LogP contribution in [0.3, 0.4) is 0 Å². The first kappa shape index (κ1) is 17.1. The van der Waals surface area contributed by atoms with Gasteiger partial charge in [-0.15, -0.1) is 11.3 Å². The van der Waals surface area contributed by atoms with Gasteiger partial charge in [0.05, 0.1) is 12.6 Å². The lowest BCUT2D eigenvalue weighted by Crippen LogP contribution is -2.36. The van der Waals surface area contributed by atoms with Gasteiger partial charge in [-0.1, -0.05) is 0 Å². The lowest BCUT2D eigenvalue weighted by molar-refractivity contribution is 0.0932. The Balaban J connectivity index is 1.70. The fourth-order valence-electron chi connectivity index (χ4n) is 2.97. The maximum Gasteiger partial charge on any atom is 0.271 e. The molecule has 3 heterocycles. The molecule has 0 unspecified atom stereocenters. The zero-order valence-corrected chi connectivity index (χ0v) is 15.2. The lowest BCUT2D eigenvalue weighted by atomic mass is 10.2. The van der Waals surface area contributed by atoms with E-state index in [0.29, 0.717) is 18.8 Å². The van der Waals surface area contributed by atoms with Gasteiger partial charge in [-0.05, 0) is 30.9 Å². The Morgan fingerprint density at radius 2 is 2.33 bits per heavy atom. The second-order valence-electron chi connectivity index (χ2n) is 6.10. The van der Waals surface area contributed by atoms with Crippen LogP contribution >= 0.6 is 11.3 Å². The number of carbonyl (C=O) groups is 1. The summed E-state index contributed by atoms with van der Waals surface area (Å²) in [6, 6.07) is 2.36. The second-order valence-corrected chi connectivity index (χ2v) is 7.10. The maximum atomic E-state index is 12.2. The summed E-state index contributed by atoms with van der Waals surface area (Å²) in [7, 11) is 1.62. The molecule has 1 atom stereocenters. The number of aryl methyl sites for hydroxylation is 1. The van der Waals surface area contributed by atoms with Gasteiger partial charge in [-0.25, -0.2) is 4.98 Å². The second kappa shape index (κ2) is 7.46. The minimum atomic E-state index is -0.137. The Labute approximate surface area is 146 Å². The van der Waals surface area contributed by atoms with Crippen molar-refractivity contribution in [2.75, 3.05) is 26.8 Å². The highest BCUT2D eigenvalue weighted by Gasteiger charge is 2.27. The monoisotopic (exact) mass is 348 g/mol. The number of hydrogen-bond acceptors (Lipinski definition) is 5. The molecule has 0 saturated heterocycles. The number of ether oxygens (including phenoxy) is 1. The van der Waals surface area contributed by atoms with Crippen LogP contribution in [0.15, 0.2) is 17.6 Å². The molecule has 7 heteroatoms. The van der Waals surface area contributed by atoms with Gasteiger partial charge in [0.2, 0.25) is 0 Å². The molecule has 1 N–H and O–H groups in total. The molecule has 0 aliphatic carbocycles. The molecule has 0 spiro atoms. The van der Waals surface area contributed by atoms with E-state index >= 15 is 0 Å². The predicted molar refractivity (Wildman–Crippen MR) is 94.3 cm³/mol. The summed E-state index contributed by atoms with van der Waals surface area (Å²) in [6.07, 6.45) is 1.86. The number of fused-ring (bicyclic) bond motifs is 1. The molecule has 2 aromatic heterocycles. The molecular weight excluding hydrogens is 324 g/mol. The van der Waals surface area contributed by atoms with E-state index in [1.165, 1.54) is 10.4 Å². The van der Waals surface area contributed by atoms with Crippen molar-refractivity contribution in [1.82, 2.24) is 19.8 Å². The van der Waals surface area contributed by atoms with Gasteiger partial charge >= 0.3 is 0 Å². The van der Waals surface area contributed by atoms with Crippen molar-refractivity contribution < 1.29 is 9.53 Å². The highest BCUT2D eigenvalue weighted by molar-refractivity contribution is 7.10. The first-order valence-corrected chi connectivity index (χ1v) is 9.09. The van der Waals surface area contributed by atoms with Crippen LogP contribution in [-0.4, -0.2) is 47.2 Å². The van der Waals surface area contributed by atoms with Gasteiger partial charge in [0.25, 0.3) is 5.91 Å². The Kier molecular flexibility index (Phi) is 5.33. The Hall–Kier alpha value is -1.70. The van der Waals surface area contributed by atoms with Crippen molar-refractivity contribution >= 4 is 17.2 Å². The number of hydrogen-bond donors (Lipinski definition) is 1. The van der Waals surface area contributed by atoms with Crippen molar-refractivity contribution in [3.63, 3.8) is 0 Å². The van der Waals surface area contributed by atoms with Crippen LogP contribution in [0.25, 0.3) is 0 Å². The Morgan fingerprint density at radius 3 is 3.04 bits per heavy atom. The smallest absolute Gasteiger partial charge is 0.271 e. The molecule has 2 aromatic rings. The van der Waals surface area contributed by atoms with Gasteiger partial charge < -0.3 is 14.6 Å². The number of rotatable bonds is 6. The zero-order valence-electron chi connectivity index (χ0n) is 14.4. The minimum absolute atomic E-state index is 0.137. The number of nitrogens with one attached hydrogen (secondary N) is 1. The van der Waals surface area contributed by atoms with E-state index < -0.39 is 0 Å². The molecule has 0 saturated carbocycles. The minimum Gasteiger partial charge on any atom is -0.383 e. The van der Waals surface area contributed by atoms with Crippen LogP contribution < -0.4 is 5.32 Å². The average molecular weight is 348 g/mol. The third-order valence-corrected chi connectivity index (χ3v) is 5.50. The molecule has 1 amide bonds. The number of methoxy groups -OCH3 is 1. The molecule has 3 rings (SSSR count). The van der Waals surface area contributed by atoms with Gasteiger partial charge in [0.15, 0.2) is 0 Å². The molecule has 6 nitrogen and oxygen atoms in total. The van der Waals surface area contributed by atoms with E-state index in [0.717, 1.165) is 25.5 Å². The summed E-state index contributed by atoms with van der Waals surface area (Å²) in [4.78, 5) is 20.6. The van der Waals surface area contributed by atoms with Crippen molar-refractivity contribution in [3.05, 3.63) is 39.6 Å². The number of nitrogens with zero attached hydrogens (tertiary/aromatic N) is 3. The molecule has 1 aliphatic heterocycles. The van der Waals surface area contributed by atoms with Gasteiger partial charge in [0.1, 0.15) is 11.5 Å². The molecular formula is C17H24N4O2S. The first-order chi connectivity index (χ1) is 11.6. The molecule has 24 heavy (non-hydrogen) atoms. The third kappa shape index (κ3) is 3.53. The zero-order chi connectivity index (χ0) is 17.1. The van der Waals surface area contributed by atoms with Crippen LogP contribution in [-0.2, 0) is 17.8 Å². The molecule has 0 radical (unpaired) electrons. The molecule has 0 bridgehead atoms. The van der Waals surface area contributed by atoms with Crippen molar-refractivity contribution in [3.8, 4) is 0 Å². The van der Waals surface area contributed by atoms with Crippen LogP contribution in [0.1, 0.15) is 39.7 Å². The first-order valence-electron chi connectivity index (χ1n) is 8.21. The van der Waals surface area contributed by atoms with Crippen LogP contribution in [0.5, 0.6) is 0 Å². The van der Waals surface area contributed by atoms with E-state index in [2.05, 4.69) is 45.1 Å². The molecule has 1 aliphatic rings. The molecule has 0 aromatic carbocycles. The van der Waals surface area contributed by atoms with Crippen molar-refractivity contribution in [2.24, 2.45) is 0 Å². The largest absolute Gasteiger partial charge is 0.383 e. The quantitative estimate of drug-likeness (QED) is 0.813. The molecule has 0 fully saturated rings. The van der Waals surface area contributed by atoms with Crippen LogP contribution in [0, 0.1) is 6.92 Å². The van der Waals surface area contributed by atoms with E-state index in [1.807, 2.05) is 6.20 Å². The summed E-state index contributed by atoms with van der Waals surface area (Å²) in [5.41, 5.74) is 1.83. The number of amides is 1. The highest BCUT2D eigenvalue weighted by atomic mass is 32.1. The topological polar surface area (TPSA) is 59.4 Å². The van der Waals surface area contributed by atoms with Crippen LogP contribution in [0.4, 0.5) is 0 Å². The standard InChI is InChI=1S/C17H24N4O2S/c1-12-4-9-24-15(12)11-20-6-7-21-10-14(19-16(21)13(20)2)17(22)18-5-8-23-3/h4,9-10,13H,5-8,11H2,1-3H3,(H,18,22)/t13-/m1/s1. The maximum absolute atomic E-state index is 12.2. The van der Waals surface area contributed by atoms with E-state index in [1.54, 1.807) is 18.4 Å². The summed E-state index contributed by atoms with van der Waals surface area (Å²) in [6.45, 7) is 8.08. The number of carbonyl (C=O) groups excluding carboxylic acids is 1. The summed E-state index contributed by atoms with van der Waals surface area (Å²) in [5, 5.41) is 4.97. The SMILES string of the molecule is COCCNC(=O)c1cn2c(n1)[C@@H](C)N(Cc1sccc1C)CC2. The third-order valence-electron chi connectivity index (χ3n) is 4.50. The fourth-order valence-corrected chi connectivity index (χ4v) is 3.90. The van der Waals surface area contributed by atoms with Gasteiger partial charge in [-0.2, -0.15) is 0 Å². The Bertz CT molecular complexity index is 709. The van der Waals surface area contributed by atoms with Gasteiger partial charge in [0, 0.05) is 44.4 Å². The Morgan fingerprint density at radius 1 is 1.50 bits per heavy atom. The normalized spacial score (nSPS) is 17.7. The average Bonchev–Trinajstić information content (AvgIpc) is 3.17. The van der Waals surface area contributed by atoms with Crippen molar-refractivity contribution in [2.45, 2.75) is 33.0 Å². The van der Waals surface area contributed by atoms with Gasteiger partial charge in [-0.3, -0.25) is 9.69 Å². The van der Waals surface area contributed by atoms with Crippen molar-refractivity contribution in [1.29, 1.82) is 0 Å². The highest BCUT2D eigenvalue weighted by Crippen LogP contribution is 2.28. The number of imidazole rings is 1. The molecule has 130 valence electrons. The number of thiophene rings is 1. The summed E-state index contributed by atoms with van der Waals surface area (Å²) < 4.78 is 7.06.